The van der Waals surface area contributed by atoms with E-state index >= 15 is 0 Å². The summed E-state index contributed by atoms with van der Waals surface area (Å²) in [5.74, 6) is 0.585. The van der Waals surface area contributed by atoms with Gasteiger partial charge in [-0.2, -0.15) is 0 Å². The molecule has 2 N–H and O–H groups in total. The van der Waals surface area contributed by atoms with Crippen molar-refractivity contribution in [2.24, 2.45) is 0 Å². The van der Waals surface area contributed by atoms with Gasteiger partial charge in [-0.25, -0.2) is 4.98 Å². The highest BCUT2D eigenvalue weighted by atomic mass is 32.1. The van der Waals surface area contributed by atoms with Crippen molar-refractivity contribution in [3.05, 3.63) is 90.8 Å². The Balaban J connectivity index is 1.64. The minimum atomic E-state index is -0.470. The normalized spacial score (nSPS) is 10.8. The molecule has 0 fully saturated rings. The molecular formula is C22H18N4O5S. The smallest absolute Gasteiger partial charge is 0.269 e. The van der Waals surface area contributed by atoms with E-state index in [-0.39, 0.29) is 17.2 Å². The standard InChI is InChI=1S/C22H18N4O5S/c1-12-18-20(27)24-17(11-13-7-9-14(10-8-13)26(29)30)25-22(18)32-19(12)21(28)23-15-5-3-4-6-16(15)31-2/h3-10H,11H2,1-2H3,(H,23,28)(H,24,25,27). The fourth-order valence-electron chi connectivity index (χ4n) is 3.34. The first-order valence-electron chi connectivity index (χ1n) is 9.57. The molecule has 0 spiro atoms. The van der Waals surface area contributed by atoms with Crippen molar-refractivity contribution in [3.63, 3.8) is 0 Å². The summed E-state index contributed by atoms with van der Waals surface area (Å²) in [5, 5.41) is 14.0. The molecule has 32 heavy (non-hydrogen) atoms. The van der Waals surface area contributed by atoms with Crippen LogP contribution in [-0.4, -0.2) is 27.9 Å². The van der Waals surface area contributed by atoms with Crippen LogP contribution in [0.2, 0.25) is 0 Å². The SMILES string of the molecule is COc1ccccc1NC(=O)c1sc2nc(Cc3ccc([N+](=O)[O-])cc3)[nH]c(=O)c2c1C. The number of methoxy groups -OCH3 is 1. The van der Waals surface area contributed by atoms with Crippen LogP contribution >= 0.6 is 11.3 Å². The van der Waals surface area contributed by atoms with Crippen LogP contribution in [0.5, 0.6) is 5.75 Å². The number of thiophene rings is 1. The molecule has 0 radical (unpaired) electrons. The van der Waals surface area contributed by atoms with Gasteiger partial charge in [0, 0.05) is 18.6 Å². The number of aromatic amines is 1. The number of nitro groups is 1. The molecule has 1 amide bonds. The van der Waals surface area contributed by atoms with E-state index in [0.717, 1.165) is 16.9 Å². The first-order valence-corrected chi connectivity index (χ1v) is 10.4. The molecule has 0 aliphatic heterocycles. The third-order valence-corrected chi connectivity index (χ3v) is 6.11. The molecule has 4 aromatic rings. The molecule has 0 bridgehead atoms. The van der Waals surface area contributed by atoms with Gasteiger partial charge in [0.05, 0.1) is 28.0 Å². The summed E-state index contributed by atoms with van der Waals surface area (Å²) < 4.78 is 5.27. The van der Waals surface area contributed by atoms with E-state index in [9.17, 15) is 19.7 Å². The van der Waals surface area contributed by atoms with E-state index in [4.69, 9.17) is 4.74 Å². The number of carbonyl (C=O) groups is 1. The van der Waals surface area contributed by atoms with Gasteiger partial charge in [0.1, 0.15) is 16.4 Å². The fourth-order valence-corrected chi connectivity index (χ4v) is 4.44. The molecule has 162 valence electrons. The number of amides is 1. The van der Waals surface area contributed by atoms with Crippen LogP contribution in [0.1, 0.15) is 26.6 Å². The van der Waals surface area contributed by atoms with Crippen molar-refractivity contribution in [1.82, 2.24) is 9.97 Å². The summed E-state index contributed by atoms with van der Waals surface area (Å²) in [5.41, 5.74) is 1.49. The Morgan fingerprint density at radius 2 is 1.94 bits per heavy atom. The lowest BCUT2D eigenvalue weighted by atomic mass is 10.1. The summed E-state index contributed by atoms with van der Waals surface area (Å²) in [4.78, 5) is 44.1. The second kappa shape index (κ2) is 8.60. The maximum absolute atomic E-state index is 12.9. The topological polar surface area (TPSA) is 127 Å². The number of anilines is 1. The van der Waals surface area contributed by atoms with Crippen LogP contribution in [0.4, 0.5) is 11.4 Å². The predicted octanol–water partition coefficient (Wildman–Crippen LogP) is 4.05. The number of carbonyl (C=O) groups excluding carboxylic acids is 1. The van der Waals surface area contributed by atoms with Gasteiger partial charge in [0.15, 0.2) is 0 Å². The molecule has 10 heteroatoms. The van der Waals surface area contributed by atoms with E-state index < -0.39 is 4.92 Å². The minimum absolute atomic E-state index is 0.00904. The van der Waals surface area contributed by atoms with Gasteiger partial charge >= 0.3 is 0 Å². The quantitative estimate of drug-likeness (QED) is 0.337. The Bertz CT molecular complexity index is 1390. The van der Waals surface area contributed by atoms with Crippen LogP contribution in [0, 0.1) is 17.0 Å². The number of hydrogen-bond donors (Lipinski definition) is 2. The summed E-state index contributed by atoms with van der Waals surface area (Å²) in [6.45, 7) is 1.71. The summed E-state index contributed by atoms with van der Waals surface area (Å²) >= 11 is 1.14. The lowest BCUT2D eigenvalue weighted by molar-refractivity contribution is -0.384. The number of nitro benzene ring substituents is 1. The molecule has 0 atom stereocenters. The van der Waals surface area contributed by atoms with Crippen LogP contribution in [0.3, 0.4) is 0 Å². The summed E-state index contributed by atoms with van der Waals surface area (Å²) in [7, 11) is 1.52. The molecule has 2 aromatic heterocycles. The molecule has 0 saturated heterocycles. The zero-order valence-corrected chi connectivity index (χ0v) is 18.0. The maximum Gasteiger partial charge on any atom is 0.269 e. The molecular weight excluding hydrogens is 432 g/mol. The van der Waals surface area contributed by atoms with Crippen molar-refractivity contribution >= 4 is 38.8 Å². The van der Waals surface area contributed by atoms with Crippen LogP contribution < -0.4 is 15.6 Å². The third-order valence-electron chi connectivity index (χ3n) is 4.93. The highest BCUT2D eigenvalue weighted by molar-refractivity contribution is 7.20. The highest BCUT2D eigenvalue weighted by Crippen LogP contribution is 2.30. The zero-order valence-electron chi connectivity index (χ0n) is 17.2. The van der Waals surface area contributed by atoms with Crippen molar-refractivity contribution in [1.29, 1.82) is 0 Å². The average Bonchev–Trinajstić information content (AvgIpc) is 3.11. The minimum Gasteiger partial charge on any atom is -0.495 e. The number of aromatic nitrogens is 2. The Labute approximate surface area is 185 Å². The molecule has 0 aliphatic rings. The summed E-state index contributed by atoms with van der Waals surface area (Å²) in [6.07, 6.45) is 0.295. The number of para-hydroxylation sites is 2. The summed E-state index contributed by atoms with van der Waals surface area (Å²) in [6, 6.07) is 13.1. The number of non-ortho nitro benzene ring substituents is 1. The monoisotopic (exact) mass is 450 g/mol. The number of H-pyrrole nitrogens is 1. The molecule has 4 rings (SSSR count). The van der Waals surface area contributed by atoms with E-state index in [1.807, 2.05) is 0 Å². The van der Waals surface area contributed by atoms with Gasteiger partial charge in [-0.1, -0.05) is 24.3 Å². The number of nitrogens with one attached hydrogen (secondary N) is 2. The van der Waals surface area contributed by atoms with Crippen molar-refractivity contribution in [2.45, 2.75) is 13.3 Å². The number of rotatable bonds is 6. The number of aryl methyl sites for hydroxylation is 1. The Kier molecular flexibility index (Phi) is 5.69. The lowest BCUT2D eigenvalue weighted by Crippen LogP contribution is -2.14. The number of nitrogens with zero attached hydrogens (tertiary/aromatic N) is 2. The third kappa shape index (κ3) is 4.08. The van der Waals surface area contributed by atoms with E-state index in [1.54, 1.807) is 43.3 Å². The van der Waals surface area contributed by atoms with Crippen molar-refractivity contribution in [2.75, 3.05) is 12.4 Å². The maximum atomic E-state index is 12.9. The van der Waals surface area contributed by atoms with Gasteiger partial charge in [-0.3, -0.25) is 19.7 Å². The second-order valence-electron chi connectivity index (χ2n) is 7.00. The molecule has 2 aromatic carbocycles. The van der Waals surface area contributed by atoms with E-state index in [2.05, 4.69) is 15.3 Å². The van der Waals surface area contributed by atoms with E-state index in [1.165, 1.54) is 19.2 Å². The molecule has 9 nitrogen and oxygen atoms in total. The number of benzene rings is 2. The average molecular weight is 450 g/mol. The largest absolute Gasteiger partial charge is 0.495 e. The molecule has 0 saturated carbocycles. The van der Waals surface area contributed by atoms with Gasteiger partial charge < -0.3 is 15.0 Å². The van der Waals surface area contributed by atoms with Crippen LogP contribution in [-0.2, 0) is 6.42 Å². The molecule has 0 unspecified atom stereocenters. The van der Waals surface area contributed by atoms with Gasteiger partial charge in [-0.05, 0) is 30.2 Å². The Morgan fingerprint density at radius 1 is 1.22 bits per heavy atom. The van der Waals surface area contributed by atoms with Gasteiger partial charge in [0.2, 0.25) is 0 Å². The highest BCUT2D eigenvalue weighted by Gasteiger charge is 2.20. The Hall–Kier alpha value is -4.05. The molecule has 2 heterocycles. The second-order valence-corrected chi connectivity index (χ2v) is 8.00. The number of hydrogen-bond acceptors (Lipinski definition) is 7. The Morgan fingerprint density at radius 3 is 2.62 bits per heavy atom. The molecule has 0 aliphatic carbocycles. The van der Waals surface area contributed by atoms with Crippen molar-refractivity contribution in [3.8, 4) is 5.75 Å². The predicted molar refractivity (Wildman–Crippen MR) is 122 cm³/mol. The van der Waals surface area contributed by atoms with Gasteiger partial charge in [0.25, 0.3) is 17.2 Å². The van der Waals surface area contributed by atoms with Crippen LogP contribution in [0.25, 0.3) is 10.2 Å². The first-order chi connectivity index (χ1) is 15.4. The van der Waals surface area contributed by atoms with Gasteiger partial charge in [-0.15, -0.1) is 11.3 Å². The van der Waals surface area contributed by atoms with Crippen LogP contribution in [0.15, 0.2) is 53.3 Å². The number of fused-ring (bicyclic) bond motifs is 1. The zero-order chi connectivity index (χ0) is 22.8. The first kappa shape index (κ1) is 21.2. The fraction of sp³-hybridized carbons (Fsp3) is 0.136. The number of ether oxygens (including phenoxy) is 1. The van der Waals surface area contributed by atoms with E-state index in [0.29, 0.717) is 44.3 Å². The van der Waals surface area contributed by atoms with Crippen molar-refractivity contribution < 1.29 is 14.5 Å². The lowest BCUT2D eigenvalue weighted by Gasteiger charge is -2.09.